The van der Waals surface area contributed by atoms with Crippen molar-refractivity contribution in [1.82, 2.24) is 14.9 Å². The second kappa shape index (κ2) is 5.79. The number of fused-ring (bicyclic) bond motifs is 1. The van der Waals surface area contributed by atoms with Gasteiger partial charge < -0.3 is 4.98 Å². The summed E-state index contributed by atoms with van der Waals surface area (Å²) in [5, 5.41) is 1.34. The van der Waals surface area contributed by atoms with Gasteiger partial charge in [-0.3, -0.25) is 9.69 Å². The second-order valence-corrected chi connectivity index (χ2v) is 6.05. The van der Waals surface area contributed by atoms with E-state index in [1.807, 2.05) is 18.2 Å². The van der Waals surface area contributed by atoms with Gasteiger partial charge in [0.15, 0.2) is 0 Å². The monoisotopic (exact) mass is 323 g/mol. The van der Waals surface area contributed by atoms with Gasteiger partial charge in [-0.15, -0.1) is 0 Å². The Morgan fingerprint density at radius 2 is 2.05 bits per heavy atom. The van der Waals surface area contributed by atoms with Crippen LogP contribution in [0.5, 0.6) is 0 Å². The first-order valence-corrected chi connectivity index (χ1v) is 7.54. The number of nitrogens with zero attached hydrogens (tertiary/aromatic N) is 2. The summed E-state index contributed by atoms with van der Waals surface area (Å²) in [4.78, 5) is 21.3. The molecule has 0 saturated carbocycles. The topological polar surface area (TPSA) is 49.0 Å². The molecule has 2 aromatic rings. The quantitative estimate of drug-likeness (QED) is 0.924. The van der Waals surface area contributed by atoms with E-state index >= 15 is 0 Å². The van der Waals surface area contributed by atoms with Crippen LogP contribution in [0.2, 0.25) is 10.0 Å². The number of nitrogens with one attached hydrogen (secondary N) is 1. The lowest BCUT2D eigenvalue weighted by atomic mass is 10.1. The van der Waals surface area contributed by atoms with Gasteiger partial charge in [-0.1, -0.05) is 29.3 Å². The van der Waals surface area contributed by atoms with Crippen molar-refractivity contribution in [3.05, 3.63) is 61.2 Å². The number of aryl methyl sites for hydroxylation is 1. The molecule has 0 bridgehead atoms. The van der Waals surface area contributed by atoms with Crippen molar-refractivity contribution in [2.45, 2.75) is 26.4 Å². The molecular weight excluding hydrogens is 309 g/mol. The zero-order valence-electron chi connectivity index (χ0n) is 11.6. The largest absolute Gasteiger partial charge is 0.311 e. The van der Waals surface area contributed by atoms with E-state index in [4.69, 9.17) is 23.2 Å². The molecule has 110 valence electrons. The van der Waals surface area contributed by atoms with Crippen LogP contribution in [0, 0.1) is 6.92 Å². The fourth-order valence-electron chi connectivity index (χ4n) is 2.66. The standard InChI is InChI=1S/C15H15Cl2N3O/c1-9-18-14-8-20(6-5-10(14)15(21)19-9)7-11-12(16)3-2-4-13(11)17/h2-4H,5-8H2,1H3,(H,18,19,21). The molecule has 3 rings (SSSR count). The van der Waals surface area contributed by atoms with Crippen LogP contribution in [-0.2, 0) is 19.5 Å². The highest BCUT2D eigenvalue weighted by Gasteiger charge is 2.21. The highest BCUT2D eigenvalue weighted by atomic mass is 35.5. The minimum atomic E-state index is -0.0204. The summed E-state index contributed by atoms with van der Waals surface area (Å²) >= 11 is 12.4. The Balaban J connectivity index is 1.85. The maximum absolute atomic E-state index is 11.9. The van der Waals surface area contributed by atoms with Gasteiger partial charge in [-0.2, -0.15) is 0 Å². The predicted octanol–water partition coefficient (Wildman–Crippen LogP) is 2.94. The van der Waals surface area contributed by atoms with Crippen LogP contribution in [0.15, 0.2) is 23.0 Å². The second-order valence-electron chi connectivity index (χ2n) is 5.24. The molecule has 1 aromatic heterocycles. The van der Waals surface area contributed by atoms with E-state index in [9.17, 15) is 4.79 Å². The summed E-state index contributed by atoms with van der Waals surface area (Å²) in [6.45, 7) is 3.89. The van der Waals surface area contributed by atoms with Gasteiger partial charge in [0.05, 0.1) is 5.69 Å². The van der Waals surface area contributed by atoms with Crippen LogP contribution in [-0.4, -0.2) is 21.4 Å². The predicted molar refractivity (Wildman–Crippen MR) is 83.9 cm³/mol. The summed E-state index contributed by atoms with van der Waals surface area (Å²) in [5.41, 5.74) is 2.55. The van der Waals surface area contributed by atoms with Crippen LogP contribution < -0.4 is 5.56 Å². The van der Waals surface area contributed by atoms with Crippen LogP contribution in [0.4, 0.5) is 0 Å². The molecule has 0 saturated heterocycles. The van der Waals surface area contributed by atoms with E-state index in [0.717, 1.165) is 23.4 Å². The van der Waals surface area contributed by atoms with E-state index in [1.165, 1.54) is 0 Å². The van der Waals surface area contributed by atoms with E-state index in [2.05, 4.69) is 14.9 Å². The first-order chi connectivity index (χ1) is 10.0. The number of aromatic nitrogens is 2. The lowest BCUT2D eigenvalue weighted by Crippen LogP contribution is -2.35. The molecule has 0 aliphatic carbocycles. The first-order valence-electron chi connectivity index (χ1n) is 6.78. The van der Waals surface area contributed by atoms with Gasteiger partial charge in [0.2, 0.25) is 0 Å². The highest BCUT2D eigenvalue weighted by molar-refractivity contribution is 6.35. The van der Waals surface area contributed by atoms with Crippen LogP contribution in [0.3, 0.4) is 0 Å². The first kappa shape index (κ1) is 14.6. The Labute approximate surface area is 132 Å². The minimum Gasteiger partial charge on any atom is -0.311 e. The van der Waals surface area contributed by atoms with Crippen molar-refractivity contribution in [3.63, 3.8) is 0 Å². The van der Waals surface area contributed by atoms with E-state index in [0.29, 0.717) is 35.4 Å². The minimum absolute atomic E-state index is 0.0204. The number of hydrogen-bond acceptors (Lipinski definition) is 3. The van der Waals surface area contributed by atoms with E-state index in [1.54, 1.807) is 6.92 Å². The zero-order valence-corrected chi connectivity index (χ0v) is 13.1. The molecule has 0 atom stereocenters. The summed E-state index contributed by atoms with van der Waals surface area (Å²) in [6.07, 6.45) is 0.694. The summed E-state index contributed by atoms with van der Waals surface area (Å²) in [6, 6.07) is 5.52. The van der Waals surface area contributed by atoms with Crippen molar-refractivity contribution in [2.75, 3.05) is 6.54 Å². The molecule has 0 spiro atoms. The maximum atomic E-state index is 11.9. The summed E-state index contributed by atoms with van der Waals surface area (Å²) in [7, 11) is 0. The number of rotatable bonds is 2. The normalized spacial score (nSPS) is 15.0. The van der Waals surface area contributed by atoms with Crippen LogP contribution >= 0.6 is 23.2 Å². The molecule has 0 radical (unpaired) electrons. The van der Waals surface area contributed by atoms with Gasteiger partial charge in [0.1, 0.15) is 5.82 Å². The molecule has 1 aromatic carbocycles. The fourth-order valence-corrected chi connectivity index (χ4v) is 3.18. The van der Waals surface area contributed by atoms with Crippen molar-refractivity contribution in [3.8, 4) is 0 Å². The molecule has 1 aliphatic heterocycles. The molecule has 1 N–H and O–H groups in total. The van der Waals surface area contributed by atoms with Gasteiger partial charge in [-0.05, 0) is 25.5 Å². The van der Waals surface area contributed by atoms with Gasteiger partial charge >= 0.3 is 0 Å². The highest BCUT2D eigenvalue weighted by Crippen LogP contribution is 2.27. The fraction of sp³-hybridized carbons (Fsp3) is 0.333. The molecular formula is C15H15Cl2N3O. The number of benzene rings is 1. The number of aromatic amines is 1. The number of hydrogen-bond donors (Lipinski definition) is 1. The maximum Gasteiger partial charge on any atom is 0.254 e. The molecule has 6 heteroatoms. The molecule has 0 unspecified atom stereocenters. The molecule has 4 nitrogen and oxygen atoms in total. The van der Waals surface area contributed by atoms with Gasteiger partial charge in [-0.25, -0.2) is 4.98 Å². The summed E-state index contributed by atoms with van der Waals surface area (Å²) in [5.74, 6) is 0.649. The van der Waals surface area contributed by atoms with Gasteiger partial charge in [0.25, 0.3) is 5.56 Å². The van der Waals surface area contributed by atoms with Crippen LogP contribution in [0.25, 0.3) is 0 Å². The van der Waals surface area contributed by atoms with Crippen LogP contribution in [0.1, 0.15) is 22.6 Å². The molecule has 0 amide bonds. The summed E-state index contributed by atoms with van der Waals surface area (Å²) < 4.78 is 0. The third kappa shape index (κ3) is 2.98. The van der Waals surface area contributed by atoms with Crippen molar-refractivity contribution in [2.24, 2.45) is 0 Å². The molecule has 0 fully saturated rings. The van der Waals surface area contributed by atoms with E-state index in [-0.39, 0.29) is 5.56 Å². The molecule has 1 aliphatic rings. The Morgan fingerprint density at radius 1 is 1.33 bits per heavy atom. The Hall–Kier alpha value is -1.36. The number of halogens is 2. The Bertz CT molecular complexity index is 722. The number of H-pyrrole nitrogens is 1. The third-order valence-corrected chi connectivity index (χ3v) is 4.42. The lowest BCUT2D eigenvalue weighted by Gasteiger charge is -2.28. The molecule has 2 heterocycles. The van der Waals surface area contributed by atoms with E-state index < -0.39 is 0 Å². The lowest BCUT2D eigenvalue weighted by molar-refractivity contribution is 0.240. The van der Waals surface area contributed by atoms with Crippen molar-refractivity contribution < 1.29 is 0 Å². The molecule has 21 heavy (non-hydrogen) atoms. The third-order valence-electron chi connectivity index (χ3n) is 3.71. The van der Waals surface area contributed by atoms with Crippen molar-refractivity contribution in [1.29, 1.82) is 0 Å². The average Bonchev–Trinajstić information content (AvgIpc) is 2.42. The average molecular weight is 324 g/mol. The van der Waals surface area contributed by atoms with Gasteiger partial charge in [0, 0.05) is 40.8 Å². The SMILES string of the molecule is Cc1nc2c(c(=O)[nH]1)CCN(Cc1c(Cl)cccc1Cl)C2. The van der Waals surface area contributed by atoms with Crippen molar-refractivity contribution >= 4 is 23.2 Å². The zero-order chi connectivity index (χ0) is 15.0. The smallest absolute Gasteiger partial charge is 0.254 e. The Morgan fingerprint density at radius 3 is 2.76 bits per heavy atom. The Kier molecular flexibility index (Phi) is 4.02.